The zero-order valence-electron chi connectivity index (χ0n) is 14.3. The summed E-state index contributed by atoms with van der Waals surface area (Å²) in [7, 11) is 1.41. The molecule has 8 nitrogen and oxygen atoms in total. The number of hydrogen-bond acceptors (Lipinski definition) is 7. The van der Waals surface area contributed by atoms with Crippen LogP contribution >= 0.6 is 0 Å². The van der Waals surface area contributed by atoms with Crippen LogP contribution in [0, 0.1) is 0 Å². The van der Waals surface area contributed by atoms with Crippen molar-refractivity contribution >= 4 is 17.8 Å². The quantitative estimate of drug-likeness (QED) is 0.751. The van der Waals surface area contributed by atoms with Crippen LogP contribution in [0.2, 0.25) is 0 Å². The number of carbonyl (C=O) groups excluding carboxylic acids is 3. The molecular weight excluding hydrogens is 330 g/mol. The number of ether oxygens (including phenoxy) is 4. The van der Waals surface area contributed by atoms with E-state index in [4.69, 9.17) is 18.9 Å². The first kappa shape index (κ1) is 18.9. The standard InChI is InChI=1S/C17H21NO7/c1-10(19)23-9-13-15(24-11(2)20)14(17(22-3)25-13)18-16(21)12-7-5-4-6-8-12/h4-8,13-15,17H,9H2,1-3H3,(H,18,21)/t13-,14-,15+,17+/m1/s1. The number of carbonyl (C=O) groups is 3. The molecule has 1 aliphatic rings. The van der Waals surface area contributed by atoms with Gasteiger partial charge in [-0.05, 0) is 12.1 Å². The van der Waals surface area contributed by atoms with Gasteiger partial charge in [-0.1, -0.05) is 18.2 Å². The van der Waals surface area contributed by atoms with Crippen LogP contribution in [0.15, 0.2) is 30.3 Å². The van der Waals surface area contributed by atoms with Crippen LogP contribution in [0.25, 0.3) is 0 Å². The third-order valence-corrected chi connectivity index (χ3v) is 3.64. The molecule has 1 aliphatic heterocycles. The van der Waals surface area contributed by atoms with E-state index in [0.717, 1.165) is 0 Å². The van der Waals surface area contributed by atoms with E-state index >= 15 is 0 Å². The number of rotatable bonds is 6. The Labute approximate surface area is 145 Å². The van der Waals surface area contributed by atoms with Gasteiger partial charge in [0.2, 0.25) is 0 Å². The summed E-state index contributed by atoms with van der Waals surface area (Å²) >= 11 is 0. The average molecular weight is 351 g/mol. The predicted molar refractivity (Wildman–Crippen MR) is 85.6 cm³/mol. The van der Waals surface area contributed by atoms with Crippen LogP contribution < -0.4 is 5.32 Å². The zero-order chi connectivity index (χ0) is 18.4. The van der Waals surface area contributed by atoms with Gasteiger partial charge >= 0.3 is 11.9 Å². The first-order valence-corrected chi connectivity index (χ1v) is 7.77. The maximum absolute atomic E-state index is 12.4. The molecule has 0 bridgehead atoms. The maximum Gasteiger partial charge on any atom is 0.303 e. The highest BCUT2D eigenvalue weighted by atomic mass is 16.7. The minimum Gasteiger partial charge on any atom is -0.463 e. The molecule has 136 valence electrons. The minimum absolute atomic E-state index is 0.120. The smallest absolute Gasteiger partial charge is 0.303 e. The Morgan fingerprint density at radius 2 is 1.80 bits per heavy atom. The van der Waals surface area contributed by atoms with Gasteiger partial charge in [0.25, 0.3) is 5.91 Å². The Bertz CT molecular complexity index is 619. The zero-order valence-corrected chi connectivity index (χ0v) is 14.3. The van der Waals surface area contributed by atoms with E-state index < -0.39 is 36.5 Å². The van der Waals surface area contributed by atoms with Gasteiger partial charge in [-0.15, -0.1) is 0 Å². The molecule has 1 saturated heterocycles. The summed E-state index contributed by atoms with van der Waals surface area (Å²) in [6, 6.07) is 7.84. The molecule has 0 radical (unpaired) electrons. The van der Waals surface area contributed by atoms with Crippen molar-refractivity contribution in [1.29, 1.82) is 0 Å². The molecule has 0 aliphatic carbocycles. The van der Waals surface area contributed by atoms with Crippen molar-refractivity contribution in [2.75, 3.05) is 13.7 Å². The van der Waals surface area contributed by atoms with Crippen molar-refractivity contribution in [1.82, 2.24) is 5.32 Å². The Morgan fingerprint density at radius 3 is 2.36 bits per heavy atom. The van der Waals surface area contributed by atoms with E-state index in [1.54, 1.807) is 30.3 Å². The van der Waals surface area contributed by atoms with Crippen molar-refractivity contribution in [3.63, 3.8) is 0 Å². The van der Waals surface area contributed by atoms with E-state index in [1.165, 1.54) is 21.0 Å². The number of nitrogens with one attached hydrogen (secondary N) is 1. The third-order valence-electron chi connectivity index (χ3n) is 3.64. The SMILES string of the molecule is CO[C@H]1O[C@H](COC(C)=O)[C@H](OC(C)=O)[C@H]1NC(=O)c1ccccc1. The number of methoxy groups -OCH3 is 1. The molecule has 25 heavy (non-hydrogen) atoms. The minimum atomic E-state index is -0.852. The number of benzene rings is 1. The first-order valence-electron chi connectivity index (χ1n) is 7.77. The second kappa shape index (κ2) is 8.59. The van der Waals surface area contributed by atoms with Crippen molar-refractivity contribution < 1.29 is 33.3 Å². The molecule has 8 heteroatoms. The highest BCUT2D eigenvalue weighted by Crippen LogP contribution is 2.25. The summed E-state index contributed by atoms with van der Waals surface area (Å²) in [5.74, 6) is -1.39. The van der Waals surface area contributed by atoms with E-state index in [1.807, 2.05) is 0 Å². The van der Waals surface area contributed by atoms with Gasteiger partial charge in [-0.2, -0.15) is 0 Å². The van der Waals surface area contributed by atoms with Crippen molar-refractivity contribution in [3.05, 3.63) is 35.9 Å². The normalized spacial score (nSPS) is 25.2. The lowest BCUT2D eigenvalue weighted by atomic mass is 10.1. The third kappa shape index (κ3) is 5.01. The lowest BCUT2D eigenvalue weighted by Crippen LogP contribution is -2.50. The fourth-order valence-corrected chi connectivity index (χ4v) is 2.57. The van der Waals surface area contributed by atoms with Crippen LogP contribution in [-0.4, -0.2) is 56.1 Å². The molecule has 0 spiro atoms. The Balaban J connectivity index is 2.16. The summed E-state index contributed by atoms with van der Waals surface area (Å²) in [5.41, 5.74) is 0.447. The number of esters is 2. The summed E-state index contributed by atoms with van der Waals surface area (Å²) in [5, 5.41) is 2.76. The highest BCUT2D eigenvalue weighted by Gasteiger charge is 2.48. The predicted octanol–water partition coefficient (Wildman–Crippen LogP) is 0.651. The van der Waals surface area contributed by atoms with Crippen LogP contribution in [0.5, 0.6) is 0 Å². The molecule has 1 fully saturated rings. The van der Waals surface area contributed by atoms with Gasteiger partial charge in [0.15, 0.2) is 12.4 Å². The van der Waals surface area contributed by atoms with Crippen LogP contribution in [0.4, 0.5) is 0 Å². The Hall–Kier alpha value is -2.45. The van der Waals surface area contributed by atoms with Crippen LogP contribution in [0.3, 0.4) is 0 Å². The van der Waals surface area contributed by atoms with E-state index in [2.05, 4.69) is 5.32 Å². The molecule has 0 aromatic heterocycles. The lowest BCUT2D eigenvalue weighted by molar-refractivity contribution is -0.161. The highest BCUT2D eigenvalue weighted by molar-refractivity contribution is 5.94. The lowest BCUT2D eigenvalue weighted by Gasteiger charge is -2.24. The molecular formula is C17H21NO7. The molecule has 1 aromatic rings. The molecule has 1 aromatic carbocycles. The molecule has 1 amide bonds. The average Bonchev–Trinajstić information content (AvgIpc) is 2.90. The Kier molecular flexibility index (Phi) is 6.49. The topological polar surface area (TPSA) is 100 Å². The molecule has 1 heterocycles. The first-order chi connectivity index (χ1) is 11.9. The van der Waals surface area contributed by atoms with Crippen molar-refractivity contribution in [2.45, 2.75) is 38.4 Å². The summed E-state index contributed by atoms with van der Waals surface area (Å²) in [6.07, 6.45) is -2.45. The van der Waals surface area contributed by atoms with Gasteiger partial charge in [0.05, 0.1) is 0 Å². The second-order valence-electron chi connectivity index (χ2n) is 5.52. The Morgan fingerprint density at radius 1 is 1.12 bits per heavy atom. The van der Waals surface area contributed by atoms with Gasteiger partial charge in [0, 0.05) is 26.5 Å². The maximum atomic E-state index is 12.4. The summed E-state index contributed by atoms with van der Waals surface area (Å²) in [6.45, 7) is 2.39. The van der Waals surface area contributed by atoms with Crippen molar-refractivity contribution in [3.8, 4) is 0 Å². The van der Waals surface area contributed by atoms with Crippen molar-refractivity contribution in [2.24, 2.45) is 0 Å². The van der Waals surface area contributed by atoms with Gasteiger partial charge in [-0.3, -0.25) is 14.4 Å². The fraction of sp³-hybridized carbons (Fsp3) is 0.471. The van der Waals surface area contributed by atoms with E-state index in [9.17, 15) is 14.4 Å². The second-order valence-corrected chi connectivity index (χ2v) is 5.52. The van der Waals surface area contributed by atoms with Crippen LogP contribution in [0.1, 0.15) is 24.2 Å². The molecule has 2 rings (SSSR count). The van der Waals surface area contributed by atoms with Gasteiger partial charge in [-0.25, -0.2) is 0 Å². The number of hydrogen-bond donors (Lipinski definition) is 1. The molecule has 4 atom stereocenters. The largest absolute Gasteiger partial charge is 0.463 e. The summed E-state index contributed by atoms with van der Waals surface area (Å²) < 4.78 is 21.1. The molecule has 1 N–H and O–H groups in total. The molecule has 0 saturated carbocycles. The van der Waals surface area contributed by atoms with Crippen LogP contribution in [-0.2, 0) is 28.5 Å². The van der Waals surface area contributed by atoms with E-state index in [-0.39, 0.29) is 12.5 Å². The van der Waals surface area contributed by atoms with Gasteiger partial charge in [0.1, 0.15) is 18.8 Å². The monoisotopic (exact) mass is 351 g/mol. The molecule has 0 unspecified atom stereocenters. The summed E-state index contributed by atoms with van der Waals surface area (Å²) in [4.78, 5) is 34.9. The van der Waals surface area contributed by atoms with E-state index in [0.29, 0.717) is 5.56 Å². The van der Waals surface area contributed by atoms with Gasteiger partial charge < -0.3 is 24.3 Å². The number of amides is 1. The fourth-order valence-electron chi connectivity index (χ4n) is 2.57.